The van der Waals surface area contributed by atoms with Crippen LogP contribution in [0, 0.1) is 25.2 Å². The van der Waals surface area contributed by atoms with Gasteiger partial charge in [-0.3, -0.25) is 4.79 Å². The van der Waals surface area contributed by atoms with Crippen LogP contribution in [0.5, 0.6) is 5.75 Å². The SMILES string of the molecule is CCCn1c(C)cc(/C=C(\C#N)C(=O)OCC(=O)N(C)Cc2ccc(OCC)cc2)c1C. The number of benzene rings is 1. The first kappa shape index (κ1) is 24.7. The van der Waals surface area contributed by atoms with E-state index in [0.717, 1.165) is 41.2 Å². The first-order valence-electron chi connectivity index (χ1n) is 10.7. The van der Waals surface area contributed by atoms with Crippen molar-refractivity contribution in [3.8, 4) is 11.8 Å². The van der Waals surface area contributed by atoms with Crippen LogP contribution in [0.15, 0.2) is 35.9 Å². The molecular formula is C25H31N3O4. The van der Waals surface area contributed by atoms with Crippen LogP contribution in [0.2, 0.25) is 0 Å². The van der Waals surface area contributed by atoms with Gasteiger partial charge in [0.2, 0.25) is 0 Å². The van der Waals surface area contributed by atoms with Gasteiger partial charge in [0.1, 0.15) is 17.4 Å². The van der Waals surface area contributed by atoms with Crippen LogP contribution in [-0.4, -0.2) is 41.6 Å². The van der Waals surface area contributed by atoms with E-state index in [-0.39, 0.29) is 11.5 Å². The van der Waals surface area contributed by atoms with E-state index in [4.69, 9.17) is 9.47 Å². The summed E-state index contributed by atoms with van der Waals surface area (Å²) in [4.78, 5) is 26.2. The number of likely N-dealkylation sites (N-methyl/N-ethyl adjacent to an activating group) is 1. The van der Waals surface area contributed by atoms with Crippen molar-refractivity contribution in [2.45, 2.75) is 47.2 Å². The zero-order chi connectivity index (χ0) is 23.7. The zero-order valence-electron chi connectivity index (χ0n) is 19.5. The average Bonchev–Trinajstić information content (AvgIpc) is 3.04. The molecule has 2 aromatic rings. The van der Waals surface area contributed by atoms with Gasteiger partial charge < -0.3 is 18.9 Å². The zero-order valence-corrected chi connectivity index (χ0v) is 19.5. The standard InChI is InChI=1S/C25H31N3O4/c1-6-12-28-18(3)13-21(19(28)4)14-22(15-26)25(30)32-17-24(29)27(5)16-20-8-10-23(11-9-20)31-7-2/h8-11,13-14H,6-7,12,16-17H2,1-5H3/b22-14+. The summed E-state index contributed by atoms with van der Waals surface area (Å²) in [6.07, 6.45) is 2.50. The lowest BCUT2D eigenvalue weighted by atomic mass is 10.1. The number of carbonyl (C=O) groups excluding carboxylic acids is 2. The number of carbonyl (C=O) groups is 2. The van der Waals surface area contributed by atoms with Crippen molar-refractivity contribution in [3.63, 3.8) is 0 Å². The van der Waals surface area contributed by atoms with E-state index < -0.39 is 12.6 Å². The van der Waals surface area contributed by atoms with Crippen LogP contribution in [0.25, 0.3) is 6.08 Å². The summed E-state index contributed by atoms with van der Waals surface area (Å²) in [6, 6.07) is 11.3. The van der Waals surface area contributed by atoms with Gasteiger partial charge in [0.05, 0.1) is 6.61 Å². The molecule has 1 amide bonds. The third-order valence-corrected chi connectivity index (χ3v) is 5.11. The number of aromatic nitrogens is 1. The van der Waals surface area contributed by atoms with Crippen LogP contribution in [0.4, 0.5) is 0 Å². The minimum Gasteiger partial charge on any atom is -0.494 e. The van der Waals surface area contributed by atoms with Gasteiger partial charge in [-0.05, 0) is 62.6 Å². The topological polar surface area (TPSA) is 84.6 Å². The molecular weight excluding hydrogens is 406 g/mol. The summed E-state index contributed by atoms with van der Waals surface area (Å²) >= 11 is 0. The first-order valence-corrected chi connectivity index (χ1v) is 10.7. The molecule has 1 aromatic heterocycles. The Bertz CT molecular complexity index is 1010. The van der Waals surface area contributed by atoms with E-state index in [9.17, 15) is 14.9 Å². The summed E-state index contributed by atoms with van der Waals surface area (Å²) in [5.41, 5.74) is 3.63. The van der Waals surface area contributed by atoms with Crippen molar-refractivity contribution in [2.24, 2.45) is 0 Å². The Morgan fingerprint density at radius 1 is 1.19 bits per heavy atom. The Morgan fingerprint density at radius 3 is 2.47 bits per heavy atom. The predicted octanol–water partition coefficient (Wildman–Crippen LogP) is 4.02. The van der Waals surface area contributed by atoms with Gasteiger partial charge in [-0.15, -0.1) is 0 Å². The van der Waals surface area contributed by atoms with Crippen molar-refractivity contribution >= 4 is 18.0 Å². The lowest BCUT2D eigenvalue weighted by molar-refractivity contribution is -0.148. The lowest BCUT2D eigenvalue weighted by Gasteiger charge is -2.17. The summed E-state index contributed by atoms with van der Waals surface area (Å²) in [7, 11) is 1.64. The molecule has 7 heteroatoms. The second-order valence-corrected chi connectivity index (χ2v) is 7.55. The maximum absolute atomic E-state index is 12.4. The van der Waals surface area contributed by atoms with Gasteiger partial charge in [-0.2, -0.15) is 5.26 Å². The summed E-state index contributed by atoms with van der Waals surface area (Å²) < 4.78 is 12.7. The highest BCUT2D eigenvalue weighted by atomic mass is 16.5. The van der Waals surface area contributed by atoms with Gasteiger partial charge in [0.15, 0.2) is 6.61 Å². The molecule has 7 nitrogen and oxygen atoms in total. The molecule has 0 radical (unpaired) electrons. The van der Waals surface area contributed by atoms with Crippen molar-refractivity contribution < 1.29 is 19.1 Å². The molecule has 0 saturated carbocycles. The van der Waals surface area contributed by atoms with Gasteiger partial charge in [-0.25, -0.2) is 4.79 Å². The highest BCUT2D eigenvalue weighted by molar-refractivity contribution is 5.99. The van der Waals surface area contributed by atoms with Crippen LogP contribution < -0.4 is 4.74 Å². The maximum Gasteiger partial charge on any atom is 0.349 e. The van der Waals surface area contributed by atoms with E-state index in [0.29, 0.717) is 13.2 Å². The molecule has 0 atom stereocenters. The monoisotopic (exact) mass is 437 g/mol. The maximum atomic E-state index is 12.4. The largest absolute Gasteiger partial charge is 0.494 e. The number of ether oxygens (including phenoxy) is 2. The molecule has 0 saturated heterocycles. The van der Waals surface area contributed by atoms with Gasteiger partial charge in [0, 0.05) is 31.5 Å². The van der Waals surface area contributed by atoms with Gasteiger partial charge >= 0.3 is 5.97 Å². The first-order chi connectivity index (χ1) is 15.3. The van der Waals surface area contributed by atoms with Crippen LogP contribution in [0.1, 0.15) is 42.8 Å². The van der Waals surface area contributed by atoms with Crippen molar-refractivity contribution in [1.29, 1.82) is 5.26 Å². The van der Waals surface area contributed by atoms with Crippen LogP contribution in [-0.2, 0) is 27.4 Å². The fourth-order valence-corrected chi connectivity index (χ4v) is 3.37. The van der Waals surface area contributed by atoms with Gasteiger partial charge in [-0.1, -0.05) is 19.1 Å². The predicted molar refractivity (Wildman–Crippen MR) is 123 cm³/mol. The number of rotatable bonds is 10. The fraction of sp³-hybridized carbons (Fsp3) is 0.400. The number of hydrogen-bond acceptors (Lipinski definition) is 5. The normalized spacial score (nSPS) is 11.1. The number of hydrogen-bond donors (Lipinski definition) is 0. The fourth-order valence-electron chi connectivity index (χ4n) is 3.37. The summed E-state index contributed by atoms with van der Waals surface area (Å²) in [5.74, 6) is -0.397. The third-order valence-electron chi connectivity index (χ3n) is 5.11. The van der Waals surface area contributed by atoms with Crippen LogP contribution in [0.3, 0.4) is 0 Å². The van der Waals surface area contributed by atoms with E-state index in [2.05, 4.69) is 11.5 Å². The van der Waals surface area contributed by atoms with Crippen molar-refractivity contribution in [3.05, 3.63) is 58.4 Å². The highest BCUT2D eigenvalue weighted by Crippen LogP contribution is 2.19. The van der Waals surface area contributed by atoms with E-state index in [1.54, 1.807) is 7.05 Å². The average molecular weight is 438 g/mol. The second-order valence-electron chi connectivity index (χ2n) is 7.55. The highest BCUT2D eigenvalue weighted by Gasteiger charge is 2.17. The summed E-state index contributed by atoms with van der Waals surface area (Å²) in [6.45, 7) is 9.35. The Labute approximate surface area is 189 Å². The molecule has 170 valence electrons. The molecule has 0 unspecified atom stereocenters. The minimum absolute atomic E-state index is 0.135. The molecule has 1 aromatic carbocycles. The Morgan fingerprint density at radius 2 is 1.88 bits per heavy atom. The Hall–Kier alpha value is -3.53. The Kier molecular flexibility index (Phi) is 9.08. The molecule has 0 spiro atoms. The number of esters is 1. The van der Waals surface area contributed by atoms with Crippen LogP contribution >= 0.6 is 0 Å². The number of nitrogens with zero attached hydrogens (tertiary/aromatic N) is 3. The number of nitriles is 1. The van der Waals surface area contributed by atoms with Gasteiger partial charge in [0.25, 0.3) is 5.91 Å². The second kappa shape index (κ2) is 11.8. The minimum atomic E-state index is -0.810. The van der Waals surface area contributed by atoms with E-state index >= 15 is 0 Å². The molecule has 0 fully saturated rings. The van der Waals surface area contributed by atoms with Crippen molar-refractivity contribution in [2.75, 3.05) is 20.3 Å². The third kappa shape index (κ3) is 6.48. The van der Waals surface area contributed by atoms with Crippen molar-refractivity contribution in [1.82, 2.24) is 9.47 Å². The number of aryl methyl sites for hydroxylation is 1. The van der Waals surface area contributed by atoms with E-state index in [1.807, 2.05) is 57.2 Å². The summed E-state index contributed by atoms with van der Waals surface area (Å²) in [5, 5.41) is 9.43. The molecule has 1 heterocycles. The quantitative estimate of drug-likeness (QED) is 0.318. The molecule has 0 aliphatic heterocycles. The molecule has 0 aliphatic rings. The number of amides is 1. The molecule has 0 aliphatic carbocycles. The molecule has 0 N–H and O–H groups in total. The lowest BCUT2D eigenvalue weighted by Crippen LogP contribution is -2.31. The Balaban J connectivity index is 1.97. The van der Waals surface area contributed by atoms with E-state index in [1.165, 1.54) is 11.0 Å². The smallest absolute Gasteiger partial charge is 0.349 e. The molecule has 2 rings (SSSR count). The molecule has 32 heavy (non-hydrogen) atoms. The molecule has 0 bridgehead atoms.